The normalized spacial score (nSPS) is 10.3. The maximum atomic E-state index is 11.5. The van der Waals surface area contributed by atoms with Crippen molar-refractivity contribution in [2.75, 3.05) is 12.3 Å². The monoisotopic (exact) mass is 311 g/mol. The molecule has 2 rings (SSSR count). The fraction of sp³-hybridized carbons (Fsp3) is 0.200. The molecule has 0 aliphatic heterocycles. The van der Waals surface area contributed by atoms with Gasteiger partial charge in [-0.3, -0.25) is 0 Å². The Morgan fingerprint density at radius 1 is 1.56 bits per heavy atom. The number of hydrogen-bond donors (Lipinski definition) is 1. The minimum Gasteiger partial charge on any atom is -0.462 e. The Bertz CT molecular complexity index is 583. The molecule has 0 saturated carbocycles. The number of hydrogen-bond acceptors (Lipinski definition) is 6. The number of anilines is 1. The average Bonchev–Trinajstić information content (AvgIpc) is 2.82. The molecule has 0 aromatic carbocycles. The van der Waals surface area contributed by atoms with Crippen molar-refractivity contribution in [1.29, 1.82) is 0 Å². The topological polar surface area (TPSA) is 95.9 Å². The summed E-state index contributed by atoms with van der Waals surface area (Å²) in [4.78, 5) is 19.3. The third-order valence-electron chi connectivity index (χ3n) is 2.05. The summed E-state index contributed by atoms with van der Waals surface area (Å²) in [5.74, 6) is 0.154. The van der Waals surface area contributed by atoms with Gasteiger partial charge in [-0.25, -0.2) is 14.5 Å². The number of carbonyl (C=O) groups is 1. The molecule has 0 spiro atoms. The lowest BCUT2D eigenvalue weighted by Gasteiger charge is -2.03. The highest BCUT2D eigenvalue weighted by Crippen LogP contribution is 2.18. The first kappa shape index (κ1) is 12.5. The van der Waals surface area contributed by atoms with Crippen molar-refractivity contribution in [3.63, 3.8) is 0 Å². The molecule has 0 bridgehead atoms. The molecular formula is C10H10BrN5O2. The van der Waals surface area contributed by atoms with E-state index in [1.165, 1.54) is 23.3 Å². The van der Waals surface area contributed by atoms with Crippen LogP contribution in [-0.2, 0) is 4.74 Å². The molecule has 0 aliphatic carbocycles. The van der Waals surface area contributed by atoms with E-state index in [1.807, 2.05) is 0 Å². The van der Waals surface area contributed by atoms with Crippen molar-refractivity contribution < 1.29 is 9.53 Å². The van der Waals surface area contributed by atoms with Crippen LogP contribution in [0.4, 0.5) is 5.95 Å². The fourth-order valence-corrected chi connectivity index (χ4v) is 1.66. The van der Waals surface area contributed by atoms with Crippen LogP contribution in [0.15, 0.2) is 23.1 Å². The minimum atomic E-state index is -0.429. The van der Waals surface area contributed by atoms with Crippen LogP contribution < -0.4 is 5.73 Å². The highest BCUT2D eigenvalue weighted by atomic mass is 79.9. The maximum absolute atomic E-state index is 11.5. The number of aromatic nitrogens is 4. The van der Waals surface area contributed by atoms with Gasteiger partial charge in [-0.15, -0.1) is 0 Å². The zero-order chi connectivity index (χ0) is 13.1. The number of carbonyl (C=O) groups excluding carboxylic acids is 1. The van der Waals surface area contributed by atoms with Crippen molar-refractivity contribution in [3.8, 4) is 5.82 Å². The van der Waals surface area contributed by atoms with Crippen molar-refractivity contribution in [2.45, 2.75) is 6.92 Å². The zero-order valence-corrected chi connectivity index (χ0v) is 11.1. The van der Waals surface area contributed by atoms with Crippen LogP contribution >= 0.6 is 15.9 Å². The number of nitrogens with two attached hydrogens (primary N) is 1. The Morgan fingerprint density at radius 2 is 2.33 bits per heavy atom. The molecule has 8 heteroatoms. The number of halogens is 1. The summed E-state index contributed by atoms with van der Waals surface area (Å²) in [6.45, 7) is 2.05. The molecule has 2 heterocycles. The Morgan fingerprint density at radius 3 is 3.06 bits per heavy atom. The molecule has 0 fully saturated rings. The Balaban J connectivity index is 2.35. The highest BCUT2D eigenvalue weighted by Gasteiger charge is 2.12. The largest absolute Gasteiger partial charge is 0.462 e. The summed E-state index contributed by atoms with van der Waals surface area (Å²) in [7, 11) is 0. The third kappa shape index (κ3) is 2.48. The average molecular weight is 312 g/mol. The molecule has 0 aliphatic rings. The summed E-state index contributed by atoms with van der Waals surface area (Å²) < 4.78 is 6.92. The summed E-state index contributed by atoms with van der Waals surface area (Å²) in [5, 5.41) is 4.03. The van der Waals surface area contributed by atoms with Gasteiger partial charge in [0, 0.05) is 12.4 Å². The number of nitrogen functional groups attached to an aromatic ring is 1. The Kier molecular flexibility index (Phi) is 3.56. The van der Waals surface area contributed by atoms with Gasteiger partial charge in [0.1, 0.15) is 0 Å². The predicted octanol–water partition coefficient (Wildman–Crippen LogP) is 1.18. The fourth-order valence-electron chi connectivity index (χ4n) is 1.29. The molecular weight excluding hydrogens is 302 g/mol. The first-order chi connectivity index (χ1) is 8.61. The zero-order valence-electron chi connectivity index (χ0n) is 9.50. The van der Waals surface area contributed by atoms with E-state index in [1.54, 1.807) is 6.92 Å². The van der Waals surface area contributed by atoms with Crippen LogP contribution in [-0.4, -0.2) is 32.3 Å². The third-order valence-corrected chi connectivity index (χ3v) is 2.61. The molecule has 2 aromatic rings. The van der Waals surface area contributed by atoms with Crippen molar-refractivity contribution >= 4 is 27.8 Å². The van der Waals surface area contributed by atoms with E-state index in [4.69, 9.17) is 10.5 Å². The van der Waals surface area contributed by atoms with E-state index in [0.29, 0.717) is 22.5 Å². The molecule has 7 nitrogen and oxygen atoms in total. The molecule has 0 amide bonds. The van der Waals surface area contributed by atoms with E-state index in [-0.39, 0.29) is 5.95 Å². The number of esters is 1. The smallest absolute Gasteiger partial charge is 0.341 e. The molecule has 0 radical (unpaired) electrons. The van der Waals surface area contributed by atoms with Crippen LogP contribution in [0, 0.1) is 0 Å². The summed E-state index contributed by atoms with van der Waals surface area (Å²) >= 11 is 3.29. The van der Waals surface area contributed by atoms with Gasteiger partial charge < -0.3 is 10.5 Å². The number of ether oxygens (including phenoxy) is 1. The summed E-state index contributed by atoms with van der Waals surface area (Å²) in [5.41, 5.74) is 5.85. The second kappa shape index (κ2) is 5.13. The van der Waals surface area contributed by atoms with Gasteiger partial charge in [0.2, 0.25) is 5.95 Å². The number of rotatable bonds is 3. The van der Waals surface area contributed by atoms with Gasteiger partial charge in [-0.1, -0.05) is 0 Å². The first-order valence-electron chi connectivity index (χ1n) is 5.12. The van der Waals surface area contributed by atoms with Crippen molar-refractivity contribution in [2.24, 2.45) is 0 Å². The lowest BCUT2D eigenvalue weighted by Crippen LogP contribution is -2.05. The van der Waals surface area contributed by atoms with Crippen LogP contribution in [0.1, 0.15) is 17.3 Å². The van der Waals surface area contributed by atoms with Gasteiger partial charge in [-0.2, -0.15) is 10.1 Å². The van der Waals surface area contributed by atoms with Crippen molar-refractivity contribution in [1.82, 2.24) is 19.7 Å². The minimum absolute atomic E-state index is 0.126. The Hall–Kier alpha value is -1.96. The van der Waals surface area contributed by atoms with Gasteiger partial charge in [0.25, 0.3) is 0 Å². The van der Waals surface area contributed by atoms with Gasteiger partial charge in [-0.05, 0) is 22.9 Å². The van der Waals surface area contributed by atoms with Crippen LogP contribution in [0.3, 0.4) is 0 Å². The Labute approximate surface area is 111 Å². The summed E-state index contributed by atoms with van der Waals surface area (Å²) in [6.07, 6.45) is 4.44. The van der Waals surface area contributed by atoms with Crippen LogP contribution in [0.2, 0.25) is 0 Å². The van der Waals surface area contributed by atoms with Crippen LogP contribution in [0.5, 0.6) is 0 Å². The van der Waals surface area contributed by atoms with Crippen molar-refractivity contribution in [3.05, 3.63) is 28.6 Å². The highest BCUT2D eigenvalue weighted by molar-refractivity contribution is 9.10. The van der Waals surface area contributed by atoms with E-state index < -0.39 is 5.97 Å². The molecule has 2 aromatic heterocycles. The molecule has 18 heavy (non-hydrogen) atoms. The molecule has 0 atom stereocenters. The van der Waals surface area contributed by atoms with E-state index >= 15 is 0 Å². The lowest BCUT2D eigenvalue weighted by molar-refractivity contribution is 0.0526. The first-order valence-corrected chi connectivity index (χ1v) is 5.91. The second-order valence-electron chi connectivity index (χ2n) is 3.29. The molecule has 94 valence electrons. The molecule has 2 N–H and O–H groups in total. The van der Waals surface area contributed by atoms with Crippen LogP contribution in [0.25, 0.3) is 5.82 Å². The second-order valence-corrected chi connectivity index (χ2v) is 4.15. The van der Waals surface area contributed by atoms with E-state index in [9.17, 15) is 4.79 Å². The SMILES string of the molecule is CCOC(=O)c1cnn(-c2nc(N)ncc2Br)c1. The lowest BCUT2D eigenvalue weighted by atomic mass is 10.4. The number of nitrogens with zero attached hydrogens (tertiary/aromatic N) is 4. The summed E-state index contributed by atoms with van der Waals surface area (Å²) in [6, 6.07) is 0. The van der Waals surface area contributed by atoms with Gasteiger partial charge in [0.15, 0.2) is 5.82 Å². The van der Waals surface area contributed by atoms with Gasteiger partial charge in [0.05, 0.1) is 22.8 Å². The quantitative estimate of drug-likeness (QED) is 0.855. The van der Waals surface area contributed by atoms with Gasteiger partial charge >= 0.3 is 5.97 Å². The maximum Gasteiger partial charge on any atom is 0.341 e. The van der Waals surface area contributed by atoms with E-state index in [0.717, 1.165) is 0 Å². The standard InChI is InChI=1S/C10H10BrN5O2/c1-2-18-9(17)6-3-14-16(5-6)8-7(11)4-13-10(12)15-8/h3-5H,2H2,1H3,(H2,12,13,15). The molecule has 0 saturated heterocycles. The van der Waals surface area contributed by atoms with E-state index in [2.05, 4.69) is 31.0 Å². The predicted molar refractivity (Wildman–Crippen MR) is 67.2 cm³/mol. The molecule has 0 unspecified atom stereocenters.